The average molecular weight is 531 g/mol. The number of aromatic nitrogens is 1. The van der Waals surface area contributed by atoms with Crippen molar-refractivity contribution in [3.05, 3.63) is 59.8 Å². The second kappa shape index (κ2) is 8.90. The minimum absolute atomic E-state index is 0.0434. The van der Waals surface area contributed by atoms with Crippen molar-refractivity contribution in [3.8, 4) is 11.1 Å². The van der Waals surface area contributed by atoms with Gasteiger partial charge in [-0.2, -0.15) is 26.3 Å². The number of hydrogen-bond acceptors (Lipinski definition) is 1. The summed E-state index contributed by atoms with van der Waals surface area (Å²) in [5, 5.41) is 0.258. The number of benzene rings is 2. The fourth-order valence-electron chi connectivity index (χ4n) is 4.20. The quantitative estimate of drug-likeness (QED) is 0.325. The van der Waals surface area contributed by atoms with Crippen LogP contribution >= 0.6 is 0 Å². The summed E-state index contributed by atoms with van der Waals surface area (Å²) in [5.41, 5.74) is -0.374. The molecule has 196 valence electrons. The van der Waals surface area contributed by atoms with Gasteiger partial charge >= 0.3 is 12.4 Å². The van der Waals surface area contributed by atoms with Crippen LogP contribution in [0.15, 0.2) is 48.7 Å². The summed E-state index contributed by atoms with van der Waals surface area (Å²) >= 11 is 0. The van der Waals surface area contributed by atoms with Crippen LogP contribution in [0.2, 0.25) is 0 Å². The van der Waals surface area contributed by atoms with Gasteiger partial charge in [-0.3, -0.25) is 0 Å². The van der Waals surface area contributed by atoms with Crippen molar-refractivity contribution in [1.29, 1.82) is 0 Å². The lowest BCUT2D eigenvalue weighted by Crippen LogP contribution is -2.41. The number of hydrogen-bond donors (Lipinski definition) is 1. The van der Waals surface area contributed by atoms with Crippen molar-refractivity contribution in [3.63, 3.8) is 0 Å². The molecule has 2 atom stereocenters. The Morgan fingerprint density at radius 1 is 1.03 bits per heavy atom. The minimum atomic E-state index is -4.74. The molecular formula is C26H28F6N2OS. The van der Waals surface area contributed by atoms with E-state index in [0.717, 1.165) is 18.9 Å². The van der Waals surface area contributed by atoms with Crippen LogP contribution in [0, 0.1) is 5.41 Å². The Hall–Kier alpha value is -2.33. The van der Waals surface area contributed by atoms with E-state index in [-0.39, 0.29) is 27.5 Å². The molecule has 0 unspecified atom stereocenters. The fraction of sp³-hybridized carbons (Fsp3) is 0.462. The summed E-state index contributed by atoms with van der Waals surface area (Å²) in [4.78, 5) is 0. The highest BCUT2D eigenvalue weighted by Gasteiger charge is 2.45. The molecule has 0 aliphatic heterocycles. The summed E-state index contributed by atoms with van der Waals surface area (Å²) in [7, 11) is -2.01. The van der Waals surface area contributed by atoms with Crippen molar-refractivity contribution in [2.75, 3.05) is 0 Å². The second-order valence-corrected chi connectivity index (χ2v) is 12.8. The summed E-state index contributed by atoms with van der Waals surface area (Å²) in [5.74, 6) is 0. The Bertz CT molecular complexity index is 1300. The van der Waals surface area contributed by atoms with Crippen LogP contribution in [-0.2, 0) is 23.7 Å². The SMILES string of the molecule is CC1(Cn2cc([C@H](N[S@@](=O)C(C)(C)C)C(F)(F)F)c3ccc(-c4ccccc4C(F)(F)F)cc32)CC1. The topological polar surface area (TPSA) is 34.0 Å². The van der Waals surface area contributed by atoms with Gasteiger partial charge in [0, 0.05) is 29.2 Å². The lowest BCUT2D eigenvalue weighted by atomic mass is 9.97. The first kappa shape index (κ1) is 26.7. The maximum absolute atomic E-state index is 14.2. The molecule has 0 radical (unpaired) electrons. The van der Waals surface area contributed by atoms with E-state index in [9.17, 15) is 30.6 Å². The molecule has 1 aliphatic rings. The number of rotatable bonds is 6. The minimum Gasteiger partial charge on any atom is -0.347 e. The van der Waals surface area contributed by atoms with Crippen LogP contribution in [0.25, 0.3) is 22.0 Å². The van der Waals surface area contributed by atoms with E-state index < -0.39 is 39.7 Å². The first-order valence-corrected chi connectivity index (χ1v) is 12.7. The first-order valence-electron chi connectivity index (χ1n) is 11.5. The summed E-state index contributed by atoms with van der Waals surface area (Å²) in [6.07, 6.45) is -6.10. The van der Waals surface area contributed by atoms with E-state index in [2.05, 4.69) is 4.72 Å². The summed E-state index contributed by atoms with van der Waals surface area (Å²) in [6, 6.07) is 7.29. The number of nitrogens with zero attached hydrogens (tertiary/aromatic N) is 1. The Balaban J connectivity index is 1.89. The fourth-order valence-corrected chi connectivity index (χ4v) is 5.03. The predicted molar refractivity (Wildman–Crippen MR) is 130 cm³/mol. The number of nitrogens with one attached hydrogen (secondary N) is 1. The van der Waals surface area contributed by atoms with Crippen LogP contribution in [-0.4, -0.2) is 19.7 Å². The molecule has 4 rings (SSSR count). The summed E-state index contributed by atoms with van der Waals surface area (Å²) < 4.78 is 99.3. The molecule has 1 N–H and O–H groups in total. The molecule has 0 bridgehead atoms. The van der Waals surface area contributed by atoms with Crippen molar-refractivity contribution in [2.45, 2.75) is 70.2 Å². The van der Waals surface area contributed by atoms with E-state index in [0.29, 0.717) is 12.1 Å². The number of fused-ring (bicyclic) bond motifs is 1. The van der Waals surface area contributed by atoms with E-state index in [1.807, 2.05) is 6.92 Å². The zero-order chi connectivity index (χ0) is 26.7. The first-order chi connectivity index (χ1) is 16.5. The monoisotopic (exact) mass is 530 g/mol. The molecule has 36 heavy (non-hydrogen) atoms. The smallest absolute Gasteiger partial charge is 0.347 e. The average Bonchev–Trinajstić information content (AvgIpc) is 3.39. The van der Waals surface area contributed by atoms with Gasteiger partial charge in [0.2, 0.25) is 0 Å². The normalized spacial score (nSPS) is 17.8. The van der Waals surface area contributed by atoms with Crippen LogP contribution in [0.4, 0.5) is 26.3 Å². The van der Waals surface area contributed by atoms with Gasteiger partial charge in [0.05, 0.1) is 21.3 Å². The van der Waals surface area contributed by atoms with Gasteiger partial charge in [0.1, 0.15) is 6.04 Å². The molecule has 1 aliphatic carbocycles. The maximum Gasteiger partial charge on any atom is 0.417 e. The Morgan fingerprint density at radius 3 is 2.22 bits per heavy atom. The van der Waals surface area contributed by atoms with Crippen molar-refractivity contribution in [1.82, 2.24) is 9.29 Å². The Labute approximate surface area is 208 Å². The molecule has 3 aromatic rings. The van der Waals surface area contributed by atoms with Crippen LogP contribution in [0.5, 0.6) is 0 Å². The summed E-state index contributed by atoms with van der Waals surface area (Å²) in [6.45, 7) is 7.18. The molecule has 10 heteroatoms. The van der Waals surface area contributed by atoms with E-state index in [1.54, 1.807) is 25.3 Å². The van der Waals surface area contributed by atoms with Gasteiger partial charge in [0.25, 0.3) is 0 Å². The van der Waals surface area contributed by atoms with Gasteiger partial charge in [-0.15, -0.1) is 0 Å². The van der Waals surface area contributed by atoms with Crippen molar-refractivity contribution < 1.29 is 30.6 Å². The van der Waals surface area contributed by atoms with Gasteiger partial charge < -0.3 is 4.57 Å². The third-order valence-electron chi connectivity index (χ3n) is 6.53. The standard InChI is InChI=1S/C26H28F6N2OS/c1-23(2,3)36(35)33-22(26(30,31)32)19-14-34(15-24(4)11-12-24)21-13-16(9-10-18(19)21)17-7-5-6-8-20(17)25(27,28)29/h5-10,13-14,22,33H,11-12,15H2,1-4H3/t22-,36-/m0/s1. The largest absolute Gasteiger partial charge is 0.417 e. The number of alkyl halides is 6. The zero-order valence-electron chi connectivity index (χ0n) is 20.3. The van der Waals surface area contributed by atoms with E-state index in [4.69, 9.17) is 0 Å². The Morgan fingerprint density at radius 2 is 1.67 bits per heavy atom. The molecular weight excluding hydrogens is 502 g/mol. The van der Waals surface area contributed by atoms with Crippen LogP contribution in [0.3, 0.4) is 0 Å². The highest BCUT2D eigenvalue weighted by atomic mass is 32.2. The Kier molecular flexibility index (Phi) is 6.61. The molecule has 2 aromatic carbocycles. The molecule has 1 fully saturated rings. The van der Waals surface area contributed by atoms with Gasteiger partial charge in [-0.1, -0.05) is 37.3 Å². The van der Waals surface area contributed by atoms with Crippen molar-refractivity contribution in [2.24, 2.45) is 5.41 Å². The molecule has 1 heterocycles. The highest BCUT2D eigenvalue weighted by molar-refractivity contribution is 7.84. The lowest BCUT2D eigenvalue weighted by molar-refractivity contribution is -0.152. The molecule has 0 saturated heterocycles. The van der Waals surface area contributed by atoms with E-state index in [1.165, 1.54) is 42.6 Å². The predicted octanol–water partition coefficient (Wildman–Crippen LogP) is 7.78. The van der Waals surface area contributed by atoms with Gasteiger partial charge in [-0.25, -0.2) is 8.93 Å². The van der Waals surface area contributed by atoms with Gasteiger partial charge in [0.15, 0.2) is 0 Å². The van der Waals surface area contributed by atoms with Crippen LogP contribution < -0.4 is 4.72 Å². The number of halogens is 6. The zero-order valence-corrected chi connectivity index (χ0v) is 21.2. The highest BCUT2D eigenvalue weighted by Crippen LogP contribution is 2.48. The molecule has 0 amide bonds. The second-order valence-electron chi connectivity index (χ2n) is 10.8. The van der Waals surface area contributed by atoms with Gasteiger partial charge in [-0.05, 0) is 62.3 Å². The molecule has 1 aromatic heterocycles. The van der Waals surface area contributed by atoms with E-state index >= 15 is 0 Å². The molecule has 1 saturated carbocycles. The molecule has 0 spiro atoms. The molecule has 3 nitrogen and oxygen atoms in total. The van der Waals surface area contributed by atoms with Crippen molar-refractivity contribution >= 4 is 21.9 Å². The van der Waals surface area contributed by atoms with Crippen LogP contribution in [0.1, 0.15) is 57.7 Å². The maximum atomic E-state index is 14.2. The third kappa shape index (κ3) is 5.49. The third-order valence-corrected chi connectivity index (χ3v) is 8.09. The lowest BCUT2D eigenvalue weighted by Gasteiger charge is -2.26.